The summed E-state index contributed by atoms with van der Waals surface area (Å²) in [5.74, 6) is 0. The molecule has 4 nitrogen and oxygen atoms in total. The lowest BCUT2D eigenvalue weighted by molar-refractivity contribution is 0.201. The highest BCUT2D eigenvalue weighted by Gasteiger charge is 2.14. The summed E-state index contributed by atoms with van der Waals surface area (Å²) in [6, 6.07) is 7.23. The maximum absolute atomic E-state index is 11.9. The smallest absolute Gasteiger partial charge is 0.322 e. The Balaban J connectivity index is 2.66. The van der Waals surface area contributed by atoms with Crippen molar-refractivity contribution in [3.05, 3.63) is 24.3 Å². The Morgan fingerprint density at radius 2 is 1.94 bits per heavy atom. The standard InChI is InChI=1S/C12H19N3O/c1-4-15(9(2)3)12(16)14-11-7-5-10(13)6-8-11/h5-9H,4,13H2,1-3H3,(H,14,16). The first-order valence-electron chi connectivity index (χ1n) is 5.47. The fourth-order valence-electron chi connectivity index (χ4n) is 1.50. The summed E-state index contributed by atoms with van der Waals surface area (Å²) in [5.41, 5.74) is 7.02. The SMILES string of the molecule is CCN(C(=O)Nc1ccc(N)cc1)C(C)C. The van der Waals surface area contributed by atoms with Crippen LogP contribution in [-0.2, 0) is 0 Å². The van der Waals surface area contributed by atoms with Crippen LogP contribution in [0.1, 0.15) is 20.8 Å². The minimum Gasteiger partial charge on any atom is -0.399 e. The van der Waals surface area contributed by atoms with Crippen LogP contribution in [0.15, 0.2) is 24.3 Å². The minimum absolute atomic E-state index is 0.0812. The molecule has 0 aliphatic carbocycles. The highest BCUT2D eigenvalue weighted by atomic mass is 16.2. The van der Waals surface area contributed by atoms with E-state index in [1.807, 2.05) is 20.8 Å². The van der Waals surface area contributed by atoms with Crippen LogP contribution in [0, 0.1) is 0 Å². The van der Waals surface area contributed by atoms with E-state index in [4.69, 9.17) is 5.73 Å². The summed E-state index contributed by atoms with van der Waals surface area (Å²) < 4.78 is 0. The molecule has 4 heteroatoms. The van der Waals surface area contributed by atoms with Crippen molar-refractivity contribution >= 4 is 17.4 Å². The van der Waals surface area contributed by atoms with Crippen molar-refractivity contribution in [2.75, 3.05) is 17.6 Å². The normalized spacial score (nSPS) is 10.2. The van der Waals surface area contributed by atoms with Crippen molar-refractivity contribution in [3.8, 4) is 0 Å². The van der Waals surface area contributed by atoms with E-state index in [1.165, 1.54) is 0 Å². The molecule has 0 spiro atoms. The first kappa shape index (κ1) is 12.4. The fraction of sp³-hybridized carbons (Fsp3) is 0.417. The first-order valence-corrected chi connectivity index (χ1v) is 5.47. The summed E-state index contributed by atoms with van der Waals surface area (Å²) in [6.45, 7) is 6.64. The molecule has 3 N–H and O–H groups in total. The number of carbonyl (C=O) groups excluding carboxylic acids is 1. The van der Waals surface area contributed by atoms with E-state index >= 15 is 0 Å². The fourth-order valence-corrected chi connectivity index (χ4v) is 1.50. The minimum atomic E-state index is -0.0812. The van der Waals surface area contributed by atoms with Crippen molar-refractivity contribution < 1.29 is 4.79 Å². The number of nitrogens with one attached hydrogen (secondary N) is 1. The number of rotatable bonds is 3. The van der Waals surface area contributed by atoms with Crippen LogP contribution in [0.5, 0.6) is 0 Å². The van der Waals surface area contributed by atoms with Gasteiger partial charge in [0.15, 0.2) is 0 Å². The van der Waals surface area contributed by atoms with E-state index in [-0.39, 0.29) is 12.1 Å². The lowest BCUT2D eigenvalue weighted by Crippen LogP contribution is -2.39. The van der Waals surface area contributed by atoms with Gasteiger partial charge in [0.1, 0.15) is 0 Å². The molecule has 0 saturated carbocycles. The highest BCUT2D eigenvalue weighted by Crippen LogP contribution is 2.11. The van der Waals surface area contributed by atoms with E-state index < -0.39 is 0 Å². The van der Waals surface area contributed by atoms with E-state index in [1.54, 1.807) is 29.2 Å². The molecule has 0 radical (unpaired) electrons. The van der Waals surface area contributed by atoms with Gasteiger partial charge < -0.3 is 16.0 Å². The number of carbonyl (C=O) groups is 1. The van der Waals surface area contributed by atoms with Crippen LogP contribution in [0.2, 0.25) is 0 Å². The Kier molecular flexibility index (Phi) is 4.17. The van der Waals surface area contributed by atoms with E-state index in [0.29, 0.717) is 12.2 Å². The maximum Gasteiger partial charge on any atom is 0.322 e. The molecule has 0 fully saturated rings. The summed E-state index contributed by atoms with van der Waals surface area (Å²) in [4.78, 5) is 13.6. The van der Waals surface area contributed by atoms with Gasteiger partial charge in [-0.25, -0.2) is 4.79 Å². The molecule has 1 rings (SSSR count). The number of hydrogen-bond acceptors (Lipinski definition) is 2. The molecule has 0 saturated heterocycles. The van der Waals surface area contributed by atoms with Crippen LogP contribution in [0.3, 0.4) is 0 Å². The first-order chi connectivity index (χ1) is 7.54. The molecule has 1 aromatic carbocycles. The van der Waals surface area contributed by atoms with Crippen LogP contribution < -0.4 is 11.1 Å². The molecule has 0 aliphatic heterocycles. The molecule has 16 heavy (non-hydrogen) atoms. The molecule has 88 valence electrons. The second-order valence-electron chi connectivity index (χ2n) is 3.93. The number of hydrogen-bond donors (Lipinski definition) is 2. The lowest BCUT2D eigenvalue weighted by Gasteiger charge is -2.25. The Bertz CT molecular complexity index is 346. The zero-order chi connectivity index (χ0) is 12.1. The summed E-state index contributed by atoms with van der Waals surface area (Å²) in [5, 5.41) is 2.83. The zero-order valence-corrected chi connectivity index (χ0v) is 10.0. The van der Waals surface area contributed by atoms with Gasteiger partial charge >= 0.3 is 6.03 Å². The van der Waals surface area contributed by atoms with E-state index in [0.717, 1.165) is 5.69 Å². The van der Waals surface area contributed by atoms with Crippen molar-refractivity contribution in [2.24, 2.45) is 0 Å². The molecule has 2 amide bonds. The number of nitrogen functional groups attached to an aromatic ring is 1. The molecule has 0 atom stereocenters. The number of nitrogens with zero attached hydrogens (tertiary/aromatic N) is 1. The van der Waals surface area contributed by atoms with Gasteiger partial charge in [0.25, 0.3) is 0 Å². The molecule has 0 aliphatic rings. The molecule has 1 aromatic rings. The number of amides is 2. The third kappa shape index (κ3) is 3.15. The number of nitrogens with two attached hydrogens (primary N) is 1. The van der Waals surface area contributed by atoms with Gasteiger partial charge in [0.05, 0.1) is 0 Å². The van der Waals surface area contributed by atoms with Crippen molar-refractivity contribution in [1.82, 2.24) is 4.90 Å². The van der Waals surface area contributed by atoms with Gasteiger partial charge in [-0.15, -0.1) is 0 Å². The van der Waals surface area contributed by atoms with Crippen LogP contribution in [0.4, 0.5) is 16.2 Å². The van der Waals surface area contributed by atoms with Crippen LogP contribution >= 0.6 is 0 Å². The largest absolute Gasteiger partial charge is 0.399 e. The monoisotopic (exact) mass is 221 g/mol. The van der Waals surface area contributed by atoms with Crippen molar-refractivity contribution in [3.63, 3.8) is 0 Å². The van der Waals surface area contributed by atoms with Gasteiger partial charge in [0, 0.05) is 24.0 Å². The Morgan fingerprint density at radius 3 is 2.38 bits per heavy atom. The molecule has 0 aromatic heterocycles. The predicted octanol–water partition coefficient (Wildman–Crippen LogP) is 2.53. The zero-order valence-electron chi connectivity index (χ0n) is 10.0. The van der Waals surface area contributed by atoms with E-state index in [9.17, 15) is 4.79 Å². The number of anilines is 2. The lowest BCUT2D eigenvalue weighted by atomic mass is 10.3. The van der Waals surface area contributed by atoms with Crippen molar-refractivity contribution in [1.29, 1.82) is 0 Å². The number of urea groups is 1. The predicted molar refractivity (Wildman–Crippen MR) is 67.4 cm³/mol. The molecule has 0 bridgehead atoms. The second kappa shape index (κ2) is 5.39. The second-order valence-corrected chi connectivity index (χ2v) is 3.93. The third-order valence-corrected chi connectivity index (χ3v) is 2.39. The van der Waals surface area contributed by atoms with Gasteiger partial charge in [-0.1, -0.05) is 0 Å². The summed E-state index contributed by atoms with van der Waals surface area (Å²) in [7, 11) is 0. The Labute approximate surface area is 96.4 Å². The summed E-state index contributed by atoms with van der Waals surface area (Å²) >= 11 is 0. The van der Waals surface area contributed by atoms with Gasteiger partial charge in [-0.3, -0.25) is 0 Å². The quantitative estimate of drug-likeness (QED) is 0.770. The highest BCUT2D eigenvalue weighted by molar-refractivity contribution is 5.89. The third-order valence-electron chi connectivity index (χ3n) is 2.39. The molecular formula is C12H19N3O. The van der Waals surface area contributed by atoms with Crippen molar-refractivity contribution in [2.45, 2.75) is 26.8 Å². The van der Waals surface area contributed by atoms with Crippen LogP contribution in [-0.4, -0.2) is 23.5 Å². The summed E-state index contributed by atoms with van der Waals surface area (Å²) in [6.07, 6.45) is 0. The van der Waals surface area contributed by atoms with Gasteiger partial charge in [-0.2, -0.15) is 0 Å². The molecular weight excluding hydrogens is 202 g/mol. The topological polar surface area (TPSA) is 58.4 Å². The average Bonchev–Trinajstić information content (AvgIpc) is 2.22. The average molecular weight is 221 g/mol. The number of benzene rings is 1. The Morgan fingerprint density at radius 1 is 1.38 bits per heavy atom. The van der Waals surface area contributed by atoms with Gasteiger partial charge in [-0.05, 0) is 45.0 Å². The van der Waals surface area contributed by atoms with Crippen LogP contribution in [0.25, 0.3) is 0 Å². The van der Waals surface area contributed by atoms with E-state index in [2.05, 4.69) is 5.32 Å². The molecule has 0 unspecified atom stereocenters. The maximum atomic E-state index is 11.9. The Hall–Kier alpha value is -1.71. The van der Waals surface area contributed by atoms with Gasteiger partial charge in [0.2, 0.25) is 0 Å². The molecule has 0 heterocycles.